The number of hydrogen-bond donors (Lipinski definition) is 0. The summed E-state index contributed by atoms with van der Waals surface area (Å²) in [5.74, 6) is 24.2. The molecule has 0 radical (unpaired) electrons. The molecule has 0 spiro atoms. The SMILES string of the molecule is C#Cc1ccc2ccccc2c1-c1c(C#Cc2cccc(C#Cc3ccc4ccccc4c3-c3c(C#Cc4cccc(I)c4)ccc4ccccc34)c2)ccc2ccccc12. The Morgan fingerprint density at radius 2 is 0.623 bits per heavy atom. The highest BCUT2D eigenvalue weighted by Gasteiger charge is 2.17. The van der Waals surface area contributed by atoms with Crippen molar-refractivity contribution < 1.29 is 0 Å². The maximum atomic E-state index is 6.16. The normalized spacial score (nSPS) is 10.6. The molecule has 1 heteroatoms. The van der Waals surface area contributed by atoms with Gasteiger partial charge in [0.1, 0.15) is 0 Å². The van der Waals surface area contributed by atoms with Gasteiger partial charge in [0.25, 0.3) is 0 Å². The highest BCUT2D eigenvalue weighted by molar-refractivity contribution is 14.1. The fourth-order valence-electron chi connectivity index (χ4n) is 8.26. The first kappa shape index (κ1) is 37.5. The monoisotopic (exact) mass is 880 g/mol. The summed E-state index contributed by atoms with van der Waals surface area (Å²) in [6.07, 6.45) is 6.16. The molecule has 0 N–H and O–H groups in total. The van der Waals surface area contributed by atoms with Gasteiger partial charge in [0.2, 0.25) is 0 Å². The van der Waals surface area contributed by atoms with Gasteiger partial charge in [-0.05, 0) is 126 Å². The van der Waals surface area contributed by atoms with E-state index in [9.17, 15) is 0 Å². The third-order valence-electron chi connectivity index (χ3n) is 11.1. The second kappa shape index (κ2) is 16.5. The lowest BCUT2D eigenvalue weighted by atomic mass is 9.87. The van der Waals surface area contributed by atoms with Gasteiger partial charge in [-0.25, -0.2) is 0 Å². The van der Waals surface area contributed by atoms with Gasteiger partial charge >= 0.3 is 0 Å². The summed E-state index contributed by atoms with van der Waals surface area (Å²) in [6.45, 7) is 0. The predicted octanol–water partition coefficient (Wildman–Crippen LogP) is 14.4. The van der Waals surface area contributed by atoms with Crippen LogP contribution in [0.2, 0.25) is 0 Å². The van der Waals surface area contributed by atoms with Gasteiger partial charge in [0.05, 0.1) is 0 Å². The predicted molar refractivity (Wildman–Crippen MR) is 265 cm³/mol. The molecule has 0 fully saturated rings. The molecule has 0 heterocycles. The summed E-state index contributed by atoms with van der Waals surface area (Å²) in [7, 11) is 0. The van der Waals surface area contributed by atoms with Crippen molar-refractivity contribution in [2.75, 3.05) is 0 Å². The molecular formula is C60H33I. The number of hydrogen-bond acceptors (Lipinski definition) is 0. The summed E-state index contributed by atoms with van der Waals surface area (Å²) >= 11 is 2.34. The zero-order valence-corrected chi connectivity index (χ0v) is 35.1. The Hall–Kier alpha value is -7.79. The van der Waals surface area contributed by atoms with Gasteiger partial charge < -0.3 is 0 Å². The molecule has 0 unspecified atom stereocenters. The van der Waals surface area contributed by atoms with E-state index >= 15 is 0 Å². The third-order valence-corrected chi connectivity index (χ3v) is 11.8. The molecule has 0 saturated heterocycles. The van der Waals surface area contributed by atoms with E-state index in [4.69, 9.17) is 6.42 Å². The second-order valence-electron chi connectivity index (χ2n) is 14.8. The smallest absolute Gasteiger partial charge is 0.0334 e. The molecule has 0 saturated carbocycles. The largest absolute Gasteiger partial charge is 0.115 e. The van der Waals surface area contributed by atoms with E-state index < -0.39 is 0 Å². The van der Waals surface area contributed by atoms with Gasteiger partial charge in [-0.1, -0.05) is 175 Å². The van der Waals surface area contributed by atoms with Crippen molar-refractivity contribution in [2.24, 2.45) is 0 Å². The van der Waals surface area contributed by atoms with Crippen LogP contribution in [0.15, 0.2) is 194 Å². The minimum absolute atomic E-state index is 0.845. The maximum absolute atomic E-state index is 6.16. The van der Waals surface area contributed by atoms with Gasteiger partial charge in [-0.15, -0.1) is 6.42 Å². The maximum Gasteiger partial charge on any atom is 0.0334 e. The Morgan fingerprint density at radius 3 is 1.00 bits per heavy atom. The summed E-state index contributed by atoms with van der Waals surface area (Å²) in [5, 5.41) is 9.07. The van der Waals surface area contributed by atoms with E-state index in [1.807, 2.05) is 24.3 Å². The van der Waals surface area contributed by atoms with E-state index in [2.05, 4.69) is 234 Å². The van der Waals surface area contributed by atoms with Crippen molar-refractivity contribution in [3.8, 4) is 70.1 Å². The first-order valence-corrected chi connectivity index (χ1v) is 21.2. The van der Waals surface area contributed by atoms with Gasteiger partial charge in [0.15, 0.2) is 0 Å². The molecule has 280 valence electrons. The zero-order chi connectivity index (χ0) is 41.1. The minimum Gasteiger partial charge on any atom is -0.115 e. The Morgan fingerprint density at radius 1 is 0.295 bits per heavy atom. The average molecular weight is 881 g/mol. The second-order valence-corrected chi connectivity index (χ2v) is 16.1. The standard InChI is InChI=1S/C60H33I/c1-2-44-31-32-45-16-3-7-21-53(45)57(44)58-49(36-33-46-17-4-8-22-54(46)58)28-25-41-13-11-14-42(39-41)26-29-50-37-34-47-18-5-9-23-55(47)59(50)60-51(30-27-43-15-12-20-52(61)40-43)38-35-48-19-6-10-24-56(48)60/h1,3-24,31-40H. The van der Waals surface area contributed by atoms with Crippen LogP contribution in [-0.2, 0) is 0 Å². The molecule has 0 aliphatic carbocycles. The van der Waals surface area contributed by atoms with E-state index in [1.54, 1.807) is 0 Å². The molecule has 0 nitrogen and oxygen atoms in total. The minimum atomic E-state index is 0.845. The van der Waals surface area contributed by atoms with Crippen LogP contribution < -0.4 is 0 Å². The van der Waals surface area contributed by atoms with E-state index in [-0.39, 0.29) is 0 Å². The summed E-state index contributed by atoms with van der Waals surface area (Å²) in [5.41, 5.74) is 10.6. The quantitative estimate of drug-likeness (QED) is 0.120. The molecule has 61 heavy (non-hydrogen) atoms. The Kier molecular flexibility index (Phi) is 10.1. The summed E-state index contributed by atoms with van der Waals surface area (Å²) in [6, 6.07) is 67.4. The van der Waals surface area contributed by atoms with Crippen LogP contribution in [0.3, 0.4) is 0 Å². The van der Waals surface area contributed by atoms with Crippen LogP contribution in [0.5, 0.6) is 0 Å². The van der Waals surface area contributed by atoms with Crippen LogP contribution in [0.1, 0.15) is 38.9 Å². The molecule has 0 aromatic heterocycles. The molecule has 0 bridgehead atoms. The zero-order valence-electron chi connectivity index (χ0n) is 32.9. The lowest BCUT2D eigenvalue weighted by Gasteiger charge is -2.15. The van der Waals surface area contributed by atoms with E-state index in [1.165, 1.54) is 0 Å². The van der Waals surface area contributed by atoms with Gasteiger partial charge in [0, 0.05) is 64.8 Å². The molecule has 0 amide bonds. The van der Waals surface area contributed by atoms with E-state index in [0.717, 1.165) is 108 Å². The lowest BCUT2D eigenvalue weighted by molar-refractivity contribution is 1.58. The van der Waals surface area contributed by atoms with Crippen LogP contribution in [0.25, 0.3) is 65.3 Å². The average Bonchev–Trinajstić information content (AvgIpc) is 3.31. The van der Waals surface area contributed by atoms with Crippen molar-refractivity contribution in [3.63, 3.8) is 0 Å². The van der Waals surface area contributed by atoms with Crippen molar-refractivity contribution in [1.82, 2.24) is 0 Å². The van der Waals surface area contributed by atoms with Crippen LogP contribution >= 0.6 is 22.6 Å². The topological polar surface area (TPSA) is 0 Å². The highest BCUT2D eigenvalue weighted by Crippen LogP contribution is 2.40. The lowest BCUT2D eigenvalue weighted by Crippen LogP contribution is -1.93. The summed E-state index contributed by atoms with van der Waals surface area (Å²) in [4.78, 5) is 0. The first-order valence-electron chi connectivity index (χ1n) is 20.1. The van der Waals surface area contributed by atoms with Crippen molar-refractivity contribution in [1.29, 1.82) is 0 Å². The van der Waals surface area contributed by atoms with E-state index in [0.29, 0.717) is 0 Å². The fourth-order valence-corrected chi connectivity index (χ4v) is 8.80. The van der Waals surface area contributed by atoms with Crippen LogP contribution in [-0.4, -0.2) is 0 Å². The number of fused-ring (bicyclic) bond motifs is 4. The molecule has 10 aromatic carbocycles. The Labute approximate surface area is 370 Å². The third kappa shape index (κ3) is 7.42. The summed E-state index contributed by atoms with van der Waals surface area (Å²) < 4.78 is 1.16. The van der Waals surface area contributed by atoms with Gasteiger partial charge in [-0.3, -0.25) is 0 Å². The number of terminal acetylenes is 1. The van der Waals surface area contributed by atoms with Crippen molar-refractivity contribution in [3.05, 3.63) is 237 Å². The highest BCUT2D eigenvalue weighted by atomic mass is 127. The molecule has 10 aromatic rings. The van der Waals surface area contributed by atoms with Crippen LogP contribution in [0, 0.1) is 51.4 Å². The number of halogens is 1. The molecule has 0 aliphatic rings. The van der Waals surface area contributed by atoms with Crippen molar-refractivity contribution >= 4 is 65.7 Å². The Bertz CT molecular complexity index is 3640. The molecule has 0 aliphatic heterocycles. The number of rotatable bonds is 2. The number of benzene rings is 10. The van der Waals surface area contributed by atoms with Crippen molar-refractivity contribution in [2.45, 2.75) is 0 Å². The Balaban J connectivity index is 1.10. The molecule has 0 atom stereocenters. The fraction of sp³-hybridized carbons (Fsp3) is 0. The molecular weight excluding hydrogens is 848 g/mol. The van der Waals surface area contributed by atoms with Crippen LogP contribution in [0.4, 0.5) is 0 Å². The molecule has 10 rings (SSSR count). The first-order chi connectivity index (χ1) is 30.1. The van der Waals surface area contributed by atoms with Gasteiger partial charge in [-0.2, -0.15) is 0 Å².